The first-order valence-corrected chi connectivity index (χ1v) is 6.44. The average Bonchev–Trinajstić information content (AvgIpc) is 3.05. The first kappa shape index (κ1) is 11.9. The van der Waals surface area contributed by atoms with Gasteiger partial charge in [-0.3, -0.25) is 4.79 Å². The molecule has 1 N–H and O–H groups in total. The molecule has 2 fully saturated rings. The van der Waals surface area contributed by atoms with Gasteiger partial charge in [0.25, 0.3) is 0 Å². The highest BCUT2D eigenvalue weighted by atomic mass is 16.2. The Morgan fingerprint density at radius 2 is 2.19 bits per heavy atom. The van der Waals surface area contributed by atoms with Gasteiger partial charge in [-0.05, 0) is 32.9 Å². The fraction of sp³-hybridized carbons (Fsp3) is 0.917. The molecule has 1 amide bonds. The largest absolute Gasteiger partial charge is 0.340 e. The molecule has 1 aliphatic heterocycles. The fourth-order valence-corrected chi connectivity index (χ4v) is 2.37. The van der Waals surface area contributed by atoms with Gasteiger partial charge in [0.05, 0.1) is 6.04 Å². The highest BCUT2D eigenvalue weighted by Crippen LogP contribution is 2.25. The van der Waals surface area contributed by atoms with E-state index in [1.54, 1.807) is 0 Å². The predicted octanol–water partition coefficient (Wildman–Crippen LogP) is 0.291. The van der Waals surface area contributed by atoms with Crippen molar-refractivity contribution >= 4 is 5.91 Å². The van der Waals surface area contributed by atoms with E-state index in [0.717, 1.165) is 38.6 Å². The number of hydrogen-bond acceptors (Lipinski definition) is 3. The van der Waals surface area contributed by atoms with Gasteiger partial charge in [-0.2, -0.15) is 0 Å². The molecule has 0 bridgehead atoms. The van der Waals surface area contributed by atoms with E-state index in [1.807, 2.05) is 4.90 Å². The van der Waals surface area contributed by atoms with E-state index in [0.29, 0.717) is 5.91 Å². The lowest BCUT2D eigenvalue weighted by Crippen LogP contribution is -2.41. The summed E-state index contributed by atoms with van der Waals surface area (Å²) in [4.78, 5) is 16.3. The van der Waals surface area contributed by atoms with Gasteiger partial charge in [-0.15, -0.1) is 0 Å². The number of hydrogen-bond donors (Lipinski definition) is 1. The van der Waals surface area contributed by atoms with Crippen molar-refractivity contribution in [2.45, 2.75) is 38.3 Å². The highest BCUT2D eigenvalue weighted by molar-refractivity contribution is 5.83. The highest BCUT2D eigenvalue weighted by Gasteiger charge is 2.31. The lowest BCUT2D eigenvalue weighted by atomic mass is 10.2. The van der Waals surface area contributed by atoms with Crippen molar-refractivity contribution in [2.75, 3.05) is 33.2 Å². The second-order valence-corrected chi connectivity index (χ2v) is 4.94. The van der Waals surface area contributed by atoms with Gasteiger partial charge in [0, 0.05) is 25.7 Å². The minimum atomic E-state index is 0.0798. The van der Waals surface area contributed by atoms with E-state index < -0.39 is 0 Å². The third-order valence-corrected chi connectivity index (χ3v) is 3.64. The summed E-state index contributed by atoms with van der Waals surface area (Å²) in [5.74, 6) is 0.297. The van der Waals surface area contributed by atoms with Gasteiger partial charge < -0.3 is 15.1 Å². The van der Waals surface area contributed by atoms with Crippen LogP contribution in [-0.4, -0.2) is 61.0 Å². The molecule has 2 aliphatic rings. The Hall–Kier alpha value is -0.610. The quantitative estimate of drug-likeness (QED) is 0.706. The Bertz CT molecular complexity index is 253. The van der Waals surface area contributed by atoms with Gasteiger partial charge in [-0.25, -0.2) is 0 Å². The minimum absolute atomic E-state index is 0.0798. The Morgan fingerprint density at radius 1 is 1.44 bits per heavy atom. The van der Waals surface area contributed by atoms with Crippen LogP contribution in [0.4, 0.5) is 0 Å². The smallest absolute Gasteiger partial charge is 0.239 e. The van der Waals surface area contributed by atoms with Gasteiger partial charge in [0.15, 0.2) is 0 Å². The second-order valence-electron chi connectivity index (χ2n) is 4.94. The average molecular weight is 225 g/mol. The van der Waals surface area contributed by atoms with Crippen LogP contribution in [0.5, 0.6) is 0 Å². The van der Waals surface area contributed by atoms with Crippen LogP contribution in [0.2, 0.25) is 0 Å². The second kappa shape index (κ2) is 5.15. The molecule has 0 aromatic carbocycles. The van der Waals surface area contributed by atoms with Crippen molar-refractivity contribution in [3.8, 4) is 0 Å². The molecule has 92 valence electrons. The molecule has 2 rings (SSSR count). The normalized spacial score (nSPS) is 25.8. The van der Waals surface area contributed by atoms with Gasteiger partial charge in [0.1, 0.15) is 0 Å². The molecule has 0 spiro atoms. The van der Waals surface area contributed by atoms with Crippen LogP contribution < -0.4 is 5.32 Å². The Kier molecular flexibility index (Phi) is 3.82. The molecule has 1 saturated carbocycles. The lowest BCUT2D eigenvalue weighted by Gasteiger charge is -2.21. The molecule has 0 aromatic heterocycles. The summed E-state index contributed by atoms with van der Waals surface area (Å²) in [6.07, 6.45) is 3.65. The number of nitrogens with one attached hydrogen (secondary N) is 1. The number of likely N-dealkylation sites (tertiary alicyclic amines) is 1. The van der Waals surface area contributed by atoms with Crippen molar-refractivity contribution in [3.63, 3.8) is 0 Å². The lowest BCUT2D eigenvalue weighted by molar-refractivity contribution is -0.129. The monoisotopic (exact) mass is 225 g/mol. The first-order chi connectivity index (χ1) is 7.72. The zero-order valence-corrected chi connectivity index (χ0v) is 10.4. The summed E-state index contributed by atoms with van der Waals surface area (Å²) in [6.45, 7) is 5.78. The standard InChI is InChI=1S/C12H23N3O/c1-3-13-11-6-7-15(12(11)16)9-8-14(2)10-4-5-10/h10-11,13H,3-9H2,1-2H3. The van der Waals surface area contributed by atoms with Gasteiger partial charge in [0.2, 0.25) is 5.91 Å². The molecular weight excluding hydrogens is 202 g/mol. The molecular formula is C12H23N3O. The van der Waals surface area contributed by atoms with Crippen LogP contribution >= 0.6 is 0 Å². The maximum Gasteiger partial charge on any atom is 0.239 e. The summed E-state index contributed by atoms with van der Waals surface area (Å²) in [5, 5.41) is 3.24. The summed E-state index contributed by atoms with van der Waals surface area (Å²) in [5.41, 5.74) is 0. The zero-order valence-electron chi connectivity index (χ0n) is 10.4. The molecule has 0 radical (unpaired) electrons. The summed E-state index contributed by atoms with van der Waals surface area (Å²) >= 11 is 0. The van der Waals surface area contributed by atoms with Crippen LogP contribution in [0.3, 0.4) is 0 Å². The Morgan fingerprint density at radius 3 is 2.81 bits per heavy atom. The predicted molar refractivity (Wildman–Crippen MR) is 64.3 cm³/mol. The zero-order chi connectivity index (χ0) is 11.5. The van der Waals surface area contributed by atoms with Crippen molar-refractivity contribution < 1.29 is 4.79 Å². The number of rotatable bonds is 6. The number of carbonyl (C=O) groups is 1. The summed E-state index contributed by atoms with van der Waals surface area (Å²) in [7, 11) is 2.17. The van der Waals surface area contributed by atoms with Crippen molar-refractivity contribution in [1.82, 2.24) is 15.1 Å². The number of carbonyl (C=O) groups excluding carboxylic acids is 1. The molecule has 0 aromatic rings. The summed E-state index contributed by atoms with van der Waals surface area (Å²) in [6, 6.07) is 0.874. The van der Waals surface area contributed by atoms with Crippen LogP contribution in [0.25, 0.3) is 0 Å². The first-order valence-electron chi connectivity index (χ1n) is 6.44. The maximum absolute atomic E-state index is 11.9. The molecule has 1 aliphatic carbocycles. The fourth-order valence-electron chi connectivity index (χ4n) is 2.37. The molecule has 1 saturated heterocycles. The van der Waals surface area contributed by atoms with Gasteiger partial charge >= 0.3 is 0 Å². The van der Waals surface area contributed by atoms with E-state index in [4.69, 9.17) is 0 Å². The van der Waals surface area contributed by atoms with Gasteiger partial charge in [-0.1, -0.05) is 6.92 Å². The summed E-state index contributed by atoms with van der Waals surface area (Å²) < 4.78 is 0. The van der Waals surface area contributed by atoms with E-state index in [1.165, 1.54) is 12.8 Å². The van der Waals surface area contributed by atoms with E-state index >= 15 is 0 Å². The third-order valence-electron chi connectivity index (χ3n) is 3.64. The van der Waals surface area contributed by atoms with E-state index in [-0.39, 0.29) is 6.04 Å². The van der Waals surface area contributed by atoms with E-state index in [2.05, 4.69) is 24.2 Å². The SMILES string of the molecule is CCNC1CCN(CCN(C)C2CC2)C1=O. The van der Waals surface area contributed by atoms with Crippen LogP contribution in [0.1, 0.15) is 26.2 Å². The molecule has 1 atom stereocenters. The van der Waals surface area contributed by atoms with Crippen molar-refractivity contribution in [1.29, 1.82) is 0 Å². The molecule has 1 unspecified atom stereocenters. The number of likely N-dealkylation sites (N-methyl/N-ethyl adjacent to an activating group) is 2. The van der Waals surface area contributed by atoms with E-state index in [9.17, 15) is 4.79 Å². The third kappa shape index (κ3) is 2.74. The van der Waals surface area contributed by atoms with Crippen LogP contribution in [0, 0.1) is 0 Å². The number of amides is 1. The number of nitrogens with zero attached hydrogens (tertiary/aromatic N) is 2. The minimum Gasteiger partial charge on any atom is -0.340 e. The molecule has 4 heteroatoms. The van der Waals surface area contributed by atoms with Crippen molar-refractivity contribution in [2.24, 2.45) is 0 Å². The molecule has 1 heterocycles. The molecule has 16 heavy (non-hydrogen) atoms. The van der Waals surface area contributed by atoms with Crippen molar-refractivity contribution in [3.05, 3.63) is 0 Å². The van der Waals surface area contributed by atoms with Crippen LogP contribution in [-0.2, 0) is 4.79 Å². The topological polar surface area (TPSA) is 35.6 Å². The Balaban J connectivity index is 1.71. The maximum atomic E-state index is 11.9. The Labute approximate surface area is 98.0 Å². The van der Waals surface area contributed by atoms with Crippen LogP contribution in [0.15, 0.2) is 0 Å². The molecule has 4 nitrogen and oxygen atoms in total.